The van der Waals surface area contributed by atoms with E-state index in [9.17, 15) is 15.0 Å². The number of likely N-dealkylation sites (N-methyl/N-ethyl adjacent to an activating group) is 1. The number of anilines is 1. The van der Waals surface area contributed by atoms with Gasteiger partial charge in [0.1, 0.15) is 11.8 Å². The molecule has 0 radical (unpaired) electrons. The minimum Gasteiger partial charge on any atom is -0.389 e. The first-order chi connectivity index (χ1) is 14.9. The second-order valence-electron chi connectivity index (χ2n) is 7.99. The van der Waals surface area contributed by atoms with Crippen molar-refractivity contribution in [2.24, 2.45) is 0 Å². The molecule has 31 heavy (non-hydrogen) atoms. The molecule has 8 nitrogen and oxygen atoms in total. The summed E-state index contributed by atoms with van der Waals surface area (Å²) in [7, 11) is 1.66. The van der Waals surface area contributed by atoms with Crippen molar-refractivity contribution in [1.82, 2.24) is 19.9 Å². The highest BCUT2D eigenvalue weighted by atomic mass is 16.3. The van der Waals surface area contributed by atoms with E-state index in [-0.39, 0.29) is 12.0 Å². The number of rotatable bonds is 2. The van der Waals surface area contributed by atoms with Crippen LogP contribution in [0.15, 0.2) is 42.7 Å². The Morgan fingerprint density at radius 1 is 1.19 bits per heavy atom. The first kappa shape index (κ1) is 19.4. The fourth-order valence-corrected chi connectivity index (χ4v) is 3.85. The Balaban J connectivity index is 1.48. The lowest BCUT2D eigenvalue weighted by atomic mass is 10.0. The summed E-state index contributed by atoms with van der Waals surface area (Å²) < 4.78 is 0. The Labute approximate surface area is 179 Å². The molecule has 0 spiro atoms. The van der Waals surface area contributed by atoms with Gasteiger partial charge in [-0.1, -0.05) is 24.0 Å². The Morgan fingerprint density at radius 3 is 2.77 bits per heavy atom. The molecule has 1 unspecified atom stereocenters. The highest BCUT2D eigenvalue weighted by Crippen LogP contribution is 2.28. The van der Waals surface area contributed by atoms with Gasteiger partial charge in [0, 0.05) is 44.2 Å². The van der Waals surface area contributed by atoms with Crippen molar-refractivity contribution >= 4 is 22.8 Å². The number of aromatic nitrogens is 3. The van der Waals surface area contributed by atoms with Crippen molar-refractivity contribution in [2.45, 2.75) is 18.1 Å². The van der Waals surface area contributed by atoms with Crippen LogP contribution in [0.5, 0.6) is 0 Å². The van der Waals surface area contributed by atoms with Crippen LogP contribution in [-0.2, 0) is 4.79 Å². The van der Waals surface area contributed by atoms with Crippen LogP contribution in [0.1, 0.15) is 12.0 Å². The summed E-state index contributed by atoms with van der Waals surface area (Å²) in [6, 6.07) is 11.3. The molecule has 2 aliphatic heterocycles. The van der Waals surface area contributed by atoms with Gasteiger partial charge in [0.25, 0.3) is 5.91 Å². The predicted molar refractivity (Wildman–Crippen MR) is 115 cm³/mol. The molecule has 2 fully saturated rings. The number of likely N-dealkylation sites (tertiary alicyclic amines) is 1. The molecule has 2 aliphatic rings. The quantitative estimate of drug-likeness (QED) is 0.598. The van der Waals surface area contributed by atoms with Crippen LogP contribution in [-0.4, -0.2) is 74.4 Å². The summed E-state index contributed by atoms with van der Waals surface area (Å²) >= 11 is 0. The fourth-order valence-electron chi connectivity index (χ4n) is 3.85. The first-order valence-electron chi connectivity index (χ1n) is 10.1. The van der Waals surface area contributed by atoms with Crippen molar-refractivity contribution in [3.63, 3.8) is 0 Å². The lowest BCUT2D eigenvalue weighted by Gasteiger charge is -2.36. The summed E-state index contributed by atoms with van der Waals surface area (Å²) in [6.07, 6.45) is 1.46. The number of β-amino-alcohol motifs (C(OH)–C–C–N with tert-alkyl or cyclic N) is 1. The lowest BCUT2D eigenvalue weighted by molar-refractivity contribution is -0.137. The van der Waals surface area contributed by atoms with Gasteiger partial charge in [-0.2, -0.15) is 0 Å². The van der Waals surface area contributed by atoms with Gasteiger partial charge in [-0.3, -0.25) is 4.79 Å². The molecular formula is C23H21N5O3. The summed E-state index contributed by atoms with van der Waals surface area (Å²) in [5.41, 5.74) is 2.07. The standard InChI is InChI=1S/C23H21N5O3/c1-27-10-9-23(31,22(27)30)8-7-15-3-2-4-16(11-15)18-5-6-19-20(26-18)21(25-14-24-19)28-12-17(29)13-28/h2-6,11,14,17,29,31H,9-10,12-13H2,1H3. The van der Waals surface area contributed by atoms with Crippen LogP contribution in [0, 0.1) is 11.8 Å². The Morgan fingerprint density at radius 2 is 2.03 bits per heavy atom. The number of nitrogens with zero attached hydrogens (tertiary/aromatic N) is 5. The number of hydrogen-bond acceptors (Lipinski definition) is 7. The molecule has 4 heterocycles. The maximum Gasteiger partial charge on any atom is 0.267 e. The van der Waals surface area contributed by atoms with E-state index >= 15 is 0 Å². The van der Waals surface area contributed by atoms with Gasteiger partial charge >= 0.3 is 0 Å². The van der Waals surface area contributed by atoms with Crippen LogP contribution in [0.25, 0.3) is 22.3 Å². The summed E-state index contributed by atoms with van der Waals surface area (Å²) in [4.78, 5) is 29.0. The Hall–Kier alpha value is -3.54. The minimum absolute atomic E-state index is 0.301. The summed E-state index contributed by atoms with van der Waals surface area (Å²) in [5, 5.41) is 20.1. The van der Waals surface area contributed by atoms with E-state index < -0.39 is 5.60 Å². The Kier molecular flexibility index (Phi) is 4.58. The second-order valence-corrected chi connectivity index (χ2v) is 7.99. The van der Waals surface area contributed by atoms with Crippen LogP contribution in [0.4, 0.5) is 5.82 Å². The average Bonchev–Trinajstić information content (AvgIpc) is 3.03. The fraction of sp³-hybridized carbons (Fsp3) is 0.304. The largest absolute Gasteiger partial charge is 0.389 e. The maximum absolute atomic E-state index is 12.1. The number of carbonyl (C=O) groups excluding carboxylic acids is 1. The molecule has 2 saturated heterocycles. The molecule has 1 amide bonds. The molecule has 1 atom stereocenters. The number of benzene rings is 1. The maximum atomic E-state index is 12.1. The normalized spacial score (nSPS) is 21.2. The van der Waals surface area contributed by atoms with E-state index in [1.54, 1.807) is 7.05 Å². The monoisotopic (exact) mass is 415 g/mol. The number of fused-ring (bicyclic) bond motifs is 1. The van der Waals surface area contributed by atoms with Gasteiger partial charge in [-0.05, 0) is 24.3 Å². The number of aliphatic hydroxyl groups excluding tert-OH is 1. The third-order valence-corrected chi connectivity index (χ3v) is 5.71. The smallest absolute Gasteiger partial charge is 0.267 e. The van der Waals surface area contributed by atoms with Crippen molar-refractivity contribution in [3.8, 4) is 23.1 Å². The van der Waals surface area contributed by atoms with Gasteiger partial charge in [-0.25, -0.2) is 15.0 Å². The SMILES string of the molecule is CN1CCC(O)(C#Cc2cccc(-c3ccc4ncnc(N5CC(O)C5)c4n3)c2)C1=O. The number of amides is 1. The van der Waals surface area contributed by atoms with Crippen molar-refractivity contribution in [1.29, 1.82) is 0 Å². The zero-order valence-electron chi connectivity index (χ0n) is 17.0. The van der Waals surface area contributed by atoms with Gasteiger partial charge in [0.05, 0.1) is 17.3 Å². The molecule has 5 rings (SSSR count). The van der Waals surface area contributed by atoms with E-state index in [2.05, 4.69) is 21.8 Å². The summed E-state index contributed by atoms with van der Waals surface area (Å²) in [6.45, 7) is 1.54. The van der Waals surface area contributed by atoms with Crippen LogP contribution >= 0.6 is 0 Å². The van der Waals surface area contributed by atoms with Crippen molar-refractivity contribution < 1.29 is 15.0 Å². The van der Waals surface area contributed by atoms with Crippen molar-refractivity contribution in [2.75, 3.05) is 31.6 Å². The topological polar surface area (TPSA) is 103 Å². The molecule has 0 saturated carbocycles. The third kappa shape index (κ3) is 3.48. The second kappa shape index (κ2) is 7.30. The van der Waals surface area contributed by atoms with Gasteiger partial charge < -0.3 is 20.0 Å². The van der Waals surface area contributed by atoms with E-state index in [0.29, 0.717) is 43.0 Å². The third-order valence-electron chi connectivity index (χ3n) is 5.71. The highest BCUT2D eigenvalue weighted by Gasteiger charge is 2.42. The van der Waals surface area contributed by atoms with Crippen LogP contribution < -0.4 is 4.90 Å². The number of carbonyl (C=O) groups is 1. The zero-order valence-corrected chi connectivity index (χ0v) is 17.0. The Bertz CT molecular complexity index is 1240. The molecule has 156 valence electrons. The average molecular weight is 415 g/mol. The molecule has 0 aliphatic carbocycles. The predicted octanol–water partition coefficient (Wildman–Crippen LogP) is 0.817. The molecule has 2 aromatic heterocycles. The summed E-state index contributed by atoms with van der Waals surface area (Å²) in [5.74, 6) is 6.03. The number of aliphatic hydroxyl groups is 2. The molecule has 0 bridgehead atoms. The zero-order chi connectivity index (χ0) is 21.6. The van der Waals surface area contributed by atoms with E-state index in [4.69, 9.17) is 4.98 Å². The highest BCUT2D eigenvalue weighted by molar-refractivity contribution is 5.90. The van der Waals surface area contributed by atoms with E-state index in [1.165, 1.54) is 11.2 Å². The first-order valence-corrected chi connectivity index (χ1v) is 10.1. The van der Waals surface area contributed by atoms with Crippen LogP contribution in [0.3, 0.4) is 0 Å². The molecule has 1 aromatic carbocycles. The number of pyridine rings is 1. The lowest BCUT2D eigenvalue weighted by Crippen LogP contribution is -2.51. The molecule has 3 aromatic rings. The van der Waals surface area contributed by atoms with Gasteiger partial charge in [-0.15, -0.1) is 0 Å². The van der Waals surface area contributed by atoms with E-state index in [1.807, 2.05) is 41.3 Å². The molecule has 2 N–H and O–H groups in total. The van der Waals surface area contributed by atoms with Gasteiger partial charge in [0.2, 0.25) is 5.60 Å². The number of hydrogen-bond donors (Lipinski definition) is 2. The minimum atomic E-state index is -1.63. The molecular weight excluding hydrogens is 394 g/mol. The van der Waals surface area contributed by atoms with Crippen molar-refractivity contribution in [3.05, 3.63) is 48.3 Å². The van der Waals surface area contributed by atoms with Gasteiger partial charge in [0.15, 0.2) is 5.82 Å². The molecule has 8 heteroatoms. The van der Waals surface area contributed by atoms with Crippen LogP contribution in [0.2, 0.25) is 0 Å². The van der Waals surface area contributed by atoms with E-state index in [0.717, 1.165) is 16.8 Å².